The first kappa shape index (κ1) is 16.5. The van der Waals surface area contributed by atoms with Crippen LogP contribution in [-0.2, 0) is 16.6 Å². The van der Waals surface area contributed by atoms with Crippen molar-refractivity contribution >= 4 is 21.8 Å². The highest BCUT2D eigenvalue weighted by atomic mass is 32.2. The minimum Gasteiger partial charge on any atom is -0.396 e. The van der Waals surface area contributed by atoms with E-state index in [1.807, 2.05) is 13.2 Å². The summed E-state index contributed by atoms with van der Waals surface area (Å²) in [6.45, 7) is 2.42. The standard InChI is InChI=1S/C11H21N3O3S2/c1-10(4-7-18-2)13-19(16,17)11-8-12-14(9-11)5-3-6-15/h8-10,13,15H,3-7H2,1-2H3. The van der Waals surface area contributed by atoms with Gasteiger partial charge in [-0.05, 0) is 31.8 Å². The molecule has 1 aromatic rings. The molecule has 0 radical (unpaired) electrons. The summed E-state index contributed by atoms with van der Waals surface area (Å²) < 4.78 is 28.3. The number of aryl methyl sites for hydroxylation is 1. The highest BCUT2D eigenvalue weighted by Gasteiger charge is 2.19. The quantitative estimate of drug-likeness (QED) is 0.701. The zero-order valence-electron chi connectivity index (χ0n) is 11.2. The number of nitrogens with zero attached hydrogens (tertiary/aromatic N) is 2. The third-order valence-electron chi connectivity index (χ3n) is 2.58. The Morgan fingerprint density at radius 3 is 2.95 bits per heavy atom. The molecule has 0 amide bonds. The predicted molar refractivity (Wildman–Crippen MR) is 76.7 cm³/mol. The molecule has 8 heteroatoms. The number of aliphatic hydroxyl groups excluding tert-OH is 1. The average Bonchev–Trinajstić information content (AvgIpc) is 2.83. The van der Waals surface area contributed by atoms with Gasteiger partial charge in [-0.15, -0.1) is 0 Å². The van der Waals surface area contributed by atoms with Crippen LogP contribution in [0.2, 0.25) is 0 Å². The molecule has 0 aliphatic rings. The van der Waals surface area contributed by atoms with Gasteiger partial charge in [-0.1, -0.05) is 0 Å². The summed E-state index contributed by atoms with van der Waals surface area (Å²) in [5.41, 5.74) is 0. The molecular formula is C11H21N3O3S2. The van der Waals surface area contributed by atoms with Crippen LogP contribution in [-0.4, -0.2) is 48.0 Å². The summed E-state index contributed by atoms with van der Waals surface area (Å²) >= 11 is 1.69. The van der Waals surface area contributed by atoms with Crippen LogP contribution < -0.4 is 4.72 Å². The zero-order chi connectivity index (χ0) is 14.3. The van der Waals surface area contributed by atoms with Gasteiger partial charge in [0.15, 0.2) is 0 Å². The number of hydrogen-bond acceptors (Lipinski definition) is 5. The van der Waals surface area contributed by atoms with Crippen molar-refractivity contribution in [1.82, 2.24) is 14.5 Å². The van der Waals surface area contributed by atoms with Crippen LogP contribution in [0.5, 0.6) is 0 Å². The molecule has 0 fully saturated rings. The maximum absolute atomic E-state index is 12.1. The molecule has 0 saturated carbocycles. The number of nitrogens with one attached hydrogen (secondary N) is 1. The van der Waals surface area contributed by atoms with Crippen molar-refractivity contribution in [3.05, 3.63) is 12.4 Å². The van der Waals surface area contributed by atoms with Crippen molar-refractivity contribution in [2.75, 3.05) is 18.6 Å². The third kappa shape index (κ3) is 5.52. The van der Waals surface area contributed by atoms with Crippen LogP contribution in [0, 0.1) is 0 Å². The Hall–Kier alpha value is -0.570. The van der Waals surface area contributed by atoms with Crippen molar-refractivity contribution in [2.24, 2.45) is 0 Å². The van der Waals surface area contributed by atoms with E-state index in [2.05, 4.69) is 9.82 Å². The summed E-state index contributed by atoms with van der Waals surface area (Å²) in [5.74, 6) is 0.916. The Balaban J connectivity index is 2.63. The topological polar surface area (TPSA) is 84.2 Å². The van der Waals surface area contributed by atoms with E-state index in [0.717, 1.165) is 12.2 Å². The van der Waals surface area contributed by atoms with Crippen LogP contribution in [0.25, 0.3) is 0 Å². The molecule has 0 aliphatic carbocycles. The molecule has 1 aromatic heterocycles. The fourth-order valence-corrected chi connectivity index (χ4v) is 3.34. The van der Waals surface area contributed by atoms with Gasteiger partial charge in [-0.2, -0.15) is 16.9 Å². The van der Waals surface area contributed by atoms with Gasteiger partial charge in [0.25, 0.3) is 0 Å². The van der Waals surface area contributed by atoms with Crippen molar-refractivity contribution in [1.29, 1.82) is 0 Å². The Morgan fingerprint density at radius 2 is 2.32 bits per heavy atom. The highest BCUT2D eigenvalue weighted by molar-refractivity contribution is 7.98. The fraction of sp³-hybridized carbons (Fsp3) is 0.727. The Morgan fingerprint density at radius 1 is 1.58 bits per heavy atom. The normalized spacial score (nSPS) is 13.6. The maximum atomic E-state index is 12.1. The van der Waals surface area contributed by atoms with Gasteiger partial charge in [-0.25, -0.2) is 13.1 Å². The van der Waals surface area contributed by atoms with Gasteiger partial charge in [0, 0.05) is 25.4 Å². The number of hydrogen-bond donors (Lipinski definition) is 2. The number of thioether (sulfide) groups is 1. The smallest absolute Gasteiger partial charge is 0.243 e. The predicted octanol–water partition coefficient (Wildman–Crippen LogP) is 0.685. The van der Waals surface area contributed by atoms with Crippen molar-refractivity contribution < 1.29 is 13.5 Å². The highest BCUT2D eigenvalue weighted by Crippen LogP contribution is 2.10. The van der Waals surface area contributed by atoms with Gasteiger partial charge in [0.2, 0.25) is 10.0 Å². The molecule has 1 unspecified atom stereocenters. The van der Waals surface area contributed by atoms with Gasteiger partial charge in [0.1, 0.15) is 4.90 Å². The van der Waals surface area contributed by atoms with Crippen molar-refractivity contribution in [3.8, 4) is 0 Å². The molecule has 1 rings (SSSR count). The van der Waals surface area contributed by atoms with E-state index < -0.39 is 10.0 Å². The first-order chi connectivity index (χ1) is 8.99. The van der Waals surface area contributed by atoms with E-state index in [1.165, 1.54) is 17.1 Å². The van der Waals surface area contributed by atoms with E-state index in [9.17, 15) is 8.42 Å². The molecule has 0 aromatic carbocycles. The minimum atomic E-state index is -3.50. The van der Waals surface area contributed by atoms with E-state index in [-0.39, 0.29) is 17.5 Å². The van der Waals surface area contributed by atoms with Crippen LogP contribution in [0.4, 0.5) is 0 Å². The summed E-state index contributed by atoms with van der Waals surface area (Å²) in [5, 5.41) is 12.7. The first-order valence-electron chi connectivity index (χ1n) is 6.14. The minimum absolute atomic E-state index is 0.0614. The lowest BCUT2D eigenvalue weighted by atomic mass is 10.3. The van der Waals surface area contributed by atoms with Crippen LogP contribution >= 0.6 is 11.8 Å². The molecule has 0 aliphatic heterocycles. The van der Waals surface area contributed by atoms with Crippen molar-refractivity contribution in [2.45, 2.75) is 37.2 Å². The van der Waals surface area contributed by atoms with Gasteiger partial charge in [0.05, 0.1) is 6.20 Å². The third-order valence-corrected chi connectivity index (χ3v) is 4.76. The molecule has 1 atom stereocenters. The largest absolute Gasteiger partial charge is 0.396 e. The average molecular weight is 307 g/mol. The second-order valence-corrected chi connectivity index (χ2v) is 7.02. The van der Waals surface area contributed by atoms with Gasteiger partial charge in [-0.3, -0.25) is 4.68 Å². The summed E-state index contributed by atoms with van der Waals surface area (Å²) in [7, 11) is -3.50. The summed E-state index contributed by atoms with van der Waals surface area (Å²) in [6, 6.07) is -0.0989. The van der Waals surface area contributed by atoms with Crippen LogP contribution in [0.1, 0.15) is 19.8 Å². The Labute approximate surface area is 118 Å². The number of aromatic nitrogens is 2. The first-order valence-corrected chi connectivity index (χ1v) is 9.02. The number of aliphatic hydroxyl groups is 1. The van der Waals surface area contributed by atoms with E-state index in [4.69, 9.17) is 5.11 Å². The fourth-order valence-electron chi connectivity index (χ4n) is 1.52. The SMILES string of the molecule is CSCCC(C)NS(=O)(=O)c1cnn(CCCO)c1. The molecule has 2 N–H and O–H groups in total. The molecule has 6 nitrogen and oxygen atoms in total. The van der Waals surface area contributed by atoms with E-state index >= 15 is 0 Å². The molecule has 0 spiro atoms. The zero-order valence-corrected chi connectivity index (χ0v) is 12.9. The molecule has 1 heterocycles. The monoisotopic (exact) mass is 307 g/mol. The Bertz CT molecular complexity index is 473. The summed E-state index contributed by atoms with van der Waals surface area (Å²) in [6.07, 6.45) is 6.16. The number of rotatable bonds is 9. The molecule has 110 valence electrons. The Kier molecular flexibility index (Phi) is 6.84. The lowest BCUT2D eigenvalue weighted by Crippen LogP contribution is -2.32. The molecule has 0 bridgehead atoms. The lowest BCUT2D eigenvalue weighted by Gasteiger charge is -2.12. The van der Waals surface area contributed by atoms with E-state index in [0.29, 0.717) is 13.0 Å². The molecular weight excluding hydrogens is 286 g/mol. The second kappa shape index (κ2) is 7.88. The van der Waals surface area contributed by atoms with Crippen molar-refractivity contribution in [3.63, 3.8) is 0 Å². The second-order valence-electron chi connectivity index (χ2n) is 4.32. The lowest BCUT2D eigenvalue weighted by molar-refractivity contribution is 0.277. The van der Waals surface area contributed by atoms with Gasteiger partial charge < -0.3 is 5.11 Å². The van der Waals surface area contributed by atoms with Crippen LogP contribution in [0.15, 0.2) is 17.3 Å². The maximum Gasteiger partial charge on any atom is 0.243 e. The number of sulfonamides is 1. The molecule has 19 heavy (non-hydrogen) atoms. The summed E-state index contributed by atoms with van der Waals surface area (Å²) in [4.78, 5) is 0.168. The van der Waals surface area contributed by atoms with Gasteiger partial charge >= 0.3 is 0 Å². The van der Waals surface area contributed by atoms with E-state index in [1.54, 1.807) is 11.8 Å². The van der Waals surface area contributed by atoms with Crippen LogP contribution in [0.3, 0.4) is 0 Å². The molecule has 0 saturated heterocycles.